The second kappa shape index (κ2) is 7.44. The van der Waals surface area contributed by atoms with Crippen molar-refractivity contribution in [1.29, 1.82) is 0 Å². The molecule has 6 heteroatoms. The standard InChI is InChI=1S/C17H15ClN2O2S/c18-16-7-6-15(23-16)17(21)22-14(13-4-2-1-3-5-13)8-10-20-11-9-19-12-20/h1-7,9,11-12,14H,8,10H2. The maximum Gasteiger partial charge on any atom is 0.348 e. The van der Waals surface area contributed by atoms with Gasteiger partial charge in [-0.05, 0) is 17.7 Å². The summed E-state index contributed by atoms with van der Waals surface area (Å²) in [5, 5.41) is 0. The van der Waals surface area contributed by atoms with Gasteiger partial charge in [0.05, 0.1) is 10.7 Å². The summed E-state index contributed by atoms with van der Waals surface area (Å²) in [6.07, 6.45) is 5.74. The Labute approximate surface area is 143 Å². The molecule has 3 rings (SSSR count). The number of hydrogen-bond donors (Lipinski definition) is 0. The van der Waals surface area contributed by atoms with Crippen molar-refractivity contribution in [3.8, 4) is 0 Å². The molecule has 1 unspecified atom stereocenters. The van der Waals surface area contributed by atoms with E-state index in [9.17, 15) is 4.79 Å². The van der Waals surface area contributed by atoms with Crippen molar-refractivity contribution in [2.45, 2.75) is 19.1 Å². The van der Waals surface area contributed by atoms with E-state index in [0.29, 0.717) is 15.6 Å². The number of ether oxygens (including phenoxy) is 1. The molecule has 0 amide bonds. The van der Waals surface area contributed by atoms with Crippen LogP contribution in [0.3, 0.4) is 0 Å². The van der Waals surface area contributed by atoms with E-state index >= 15 is 0 Å². The fourth-order valence-corrected chi connectivity index (χ4v) is 3.18. The van der Waals surface area contributed by atoms with Gasteiger partial charge in [0.1, 0.15) is 11.0 Å². The summed E-state index contributed by atoms with van der Waals surface area (Å²) in [5.41, 5.74) is 0.976. The number of halogens is 1. The third-order valence-electron chi connectivity index (χ3n) is 3.40. The molecular formula is C17H15ClN2O2S. The number of carbonyl (C=O) groups is 1. The molecule has 2 aromatic heterocycles. The molecule has 3 aromatic rings. The largest absolute Gasteiger partial charge is 0.453 e. The van der Waals surface area contributed by atoms with Gasteiger partial charge in [-0.15, -0.1) is 11.3 Å². The molecule has 1 atom stereocenters. The maximum atomic E-state index is 12.3. The molecule has 0 spiro atoms. The number of aromatic nitrogens is 2. The van der Waals surface area contributed by atoms with Gasteiger partial charge in [-0.2, -0.15) is 0 Å². The fraction of sp³-hybridized carbons (Fsp3) is 0.176. The number of esters is 1. The molecule has 0 bridgehead atoms. The molecule has 0 saturated heterocycles. The summed E-state index contributed by atoms with van der Waals surface area (Å²) in [5.74, 6) is -0.346. The maximum absolute atomic E-state index is 12.3. The number of imidazole rings is 1. The quantitative estimate of drug-likeness (QED) is 0.613. The van der Waals surface area contributed by atoms with Crippen LogP contribution < -0.4 is 0 Å². The van der Waals surface area contributed by atoms with E-state index < -0.39 is 0 Å². The lowest BCUT2D eigenvalue weighted by atomic mass is 10.1. The van der Waals surface area contributed by atoms with E-state index in [4.69, 9.17) is 16.3 Å². The minimum absolute atomic E-state index is 0.313. The first-order valence-corrected chi connectivity index (χ1v) is 8.39. The summed E-state index contributed by atoms with van der Waals surface area (Å²) >= 11 is 7.11. The molecule has 0 radical (unpaired) electrons. The van der Waals surface area contributed by atoms with Crippen LogP contribution in [-0.2, 0) is 11.3 Å². The van der Waals surface area contributed by atoms with E-state index in [1.807, 2.05) is 41.1 Å². The number of nitrogens with zero attached hydrogens (tertiary/aromatic N) is 2. The molecule has 0 fully saturated rings. The van der Waals surface area contributed by atoms with Crippen molar-refractivity contribution in [1.82, 2.24) is 9.55 Å². The first-order valence-electron chi connectivity index (χ1n) is 7.19. The molecule has 1 aromatic carbocycles. The van der Waals surface area contributed by atoms with Crippen molar-refractivity contribution in [3.63, 3.8) is 0 Å². The number of benzene rings is 1. The number of carbonyl (C=O) groups excluding carboxylic acids is 1. The summed E-state index contributed by atoms with van der Waals surface area (Å²) in [7, 11) is 0. The van der Waals surface area contributed by atoms with Crippen LogP contribution in [-0.4, -0.2) is 15.5 Å². The summed E-state index contributed by atoms with van der Waals surface area (Å²) < 4.78 is 8.25. The molecule has 0 aliphatic carbocycles. The Morgan fingerprint density at radius 2 is 2.09 bits per heavy atom. The van der Waals surface area contributed by atoms with E-state index in [2.05, 4.69) is 4.98 Å². The van der Waals surface area contributed by atoms with Gasteiger partial charge in [-0.1, -0.05) is 41.9 Å². The highest BCUT2D eigenvalue weighted by molar-refractivity contribution is 7.17. The normalized spacial score (nSPS) is 12.0. The van der Waals surface area contributed by atoms with Gasteiger partial charge in [-0.25, -0.2) is 9.78 Å². The highest BCUT2D eigenvalue weighted by Gasteiger charge is 2.19. The van der Waals surface area contributed by atoms with Crippen LogP contribution >= 0.6 is 22.9 Å². The topological polar surface area (TPSA) is 44.1 Å². The number of hydrogen-bond acceptors (Lipinski definition) is 4. The second-order valence-electron chi connectivity index (χ2n) is 5.00. The zero-order chi connectivity index (χ0) is 16.1. The van der Waals surface area contributed by atoms with Crippen LogP contribution in [0.1, 0.15) is 27.8 Å². The fourth-order valence-electron chi connectivity index (χ4n) is 2.26. The Bertz CT molecular complexity index is 756. The molecular weight excluding hydrogens is 332 g/mol. The van der Waals surface area contributed by atoms with Gasteiger partial charge in [0, 0.05) is 25.4 Å². The van der Waals surface area contributed by atoms with Crippen molar-refractivity contribution in [2.75, 3.05) is 0 Å². The zero-order valence-electron chi connectivity index (χ0n) is 12.3. The number of rotatable bonds is 6. The van der Waals surface area contributed by atoms with Crippen molar-refractivity contribution in [2.24, 2.45) is 0 Å². The molecule has 0 aliphatic heterocycles. The van der Waals surface area contributed by atoms with Gasteiger partial charge < -0.3 is 9.30 Å². The van der Waals surface area contributed by atoms with Crippen LogP contribution in [0.25, 0.3) is 0 Å². The molecule has 0 aliphatic rings. The lowest BCUT2D eigenvalue weighted by Gasteiger charge is -2.18. The van der Waals surface area contributed by atoms with Crippen molar-refractivity contribution < 1.29 is 9.53 Å². The first kappa shape index (κ1) is 15.8. The second-order valence-corrected chi connectivity index (χ2v) is 6.71. The number of aryl methyl sites for hydroxylation is 1. The van der Waals surface area contributed by atoms with E-state index in [1.165, 1.54) is 11.3 Å². The summed E-state index contributed by atoms with van der Waals surface area (Å²) in [6.45, 7) is 0.720. The van der Waals surface area contributed by atoms with Crippen molar-refractivity contribution in [3.05, 3.63) is 76.0 Å². The lowest BCUT2D eigenvalue weighted by Crippen LogP contribution is -2.13. The summed E-state index contributed by atoms with van der Waals surface area (Å²) in [4.78, 5) is 16.9. The predicted molar refractivity (Wildman–Crippen MR) is 90.8 cm³/mol. The molecule has 23 heavy (non-hydrogen) atoms. The van der Waals surface area contributed by atoms with E-state index in [0.717, 1.165) is 12.1 Å². The Morgan fingerprint density at radius 3 is 2.74 bits per heavy atom. The molecule has 0 saturated carbocycles. The van der Waals surface area contributed by atoms with Crippen LogP contribution in [0.15, 0.2) is 61.2 Å². The summed E-state index contributed by atoms with van der Waals surface area (Å²) in [6, 6.07) is 13.1. The minimum Gasteiger partial charge on any atom is -0.453 e. The van der Waals surface area contributed by atoms with E-state index in [-0.39, 0.29) is 12.1 Å². The first-order chi connectivity index (χ1) is 11.2. The third kappa shape index (κ3) is 4.21. The van der Waals surface area contributed by atoms with Crippen LogP contribution in [0, 0.1) is 0 Å². The zero-order valence-corrected chi connectivity index (χ0v) is 13.8. The Morgan fingerprint density at radius 1 is 1.26 bits per heavy atom. The highest BCUT2D eigenvalue weighted by Crippen LogP contribution is 2.27. The average molecular weight is 347 g/mol. The van der Waals surface area contributed by atoms with Gasteiger partial charge in [0.15, 0.2) is 0 Å². The van der Waals surface area contributed by atoms with Gasteiger partial charge in [0.25, 0.3) is 0 Å². The molecule has 118 valence electrons. The average Bonchev–Trinajstić information content (AvgIpc) is 3.23. The molecule has 2 heterocycles. The van der Waals surface area contributed by atoms with Crippen LogP contribution in [0.2, 0.25) is 4.34 Å². The van der Waals surface area contributed by atoms with Gasteiger partial charge in [-0.3, -0.25) is 0 Å². The minimum atomic E-state index is -0.346. The highest BCUT2D eigenvalue weighted by atomic mass is 35.5. The Hall–Kier alpha value is -2.11. The SMILES string of the molecule is O=C(OC(CCn1ccnc1)c1ccccc1)c1ccc(Cl)s1. The van der Waals surface area contributed by atoms with Gasteiger partial charge in [0.2, 0.25) is 0 Å². The predicted octanol–water partition coefficient (Wildman–Crippen LogP) is 4.59. The molecule has 0 N–H and O–H groups in total. The number of thiophene rings is 1. The van der Waals surface area contributed by atoms with E-state index in [1.54, 1.807) is 24.7 Å². The Kier molecular flexibility index (Phi) is 5.10. The molecule has 4 nitrogen and oxygen atoms in total. The van der Waals surface area contributed by atoms with Crippen LogP contribution in [0.5, 0.6) is 0 Å². The Balaban J connectivity index is 1.73. The van der Waals surface area contributed by atoms with Crippen LogP contribution in [0.4, 0.5) is 0 Å². The van der Waals surface area contributed by atoms with Gasteiger partial charge >= 0.3 is 5.97 Å². The monoisotopic (exact) mass is 346 g/mol. The smallest absolute Gasteiger partial charge is 0.348 e. The third-order valence-corrected chi connectivity index (χ3v) is 4.61. The lowest BCUT2D eigenvalue weighted by molar-refractivity contribution is 0.0272. The van der Waals surface area contributed by atoms with Crippen molar-refractivity contribution >= 4 is 28.9 Å².